The summed E-state index contributed by atoms with van der Waals surface area (Å²) >= 11 is 5.91. The summed E-state index contributed by atoms with van der Waals surface area (Å²) in [6, 6.07) is 0. The highest BCUT2D eigenvalue weighted by Gasteiger charge is 1.99. The van der Waals surface area contributed by atoms with E-state index in [1.807, 2.05) is 0 Å². The first-order valence-corrected chi connectivity index (χ1v) is 11.0. The summed E-state index contributed by atoms with van der Waals surface area (Å²) in [5, 5.41) is 0. The standard InChI is InChI=1S/C21H43ClO/c1-3-5-6-7-8-9-10-11-12-13-14-15-16-17-18-19-20-23-21(22)4-2/h21H,3-20H2,1-2H3. The minimum atomic E-state index is -0.0775. The van der Waals surface area contributed by atoms with Gasteiger partial charge in [-0.05, 0) is 12.8 Å². The van der Waals surface area contributed by atoms with Crippen molar-refractivity contribution in [1.82, 2.24) is 0 Å². The molecule has 1 atom stereocenters. The molecule has 0 fully saturated rings. The molecule has 0 aromatic carbocycles. The Bertz CT molecular complexity index is 208. The van der Waals surface area contributed by atoms with Crippen molar-refractivity contribution in [1.29, 1.82) is 0 Å². The second kappa shape index (κ2) is 20.3. The lowest BCUT2D eigenvalue weighted by Gasteiger charge is -2.08. The monoisotopic (exact) mass is 346 g/mol. The second-order valence-electron chi connectivity index (χ2n) is 6.99. The van der Waals surface area contributed by atoms with E-state index >= 15 is 0 Å². The third-order valence-electron chi connectivity index (χ3n) is 4.62. The molecule has 0 N–H and O–H groups in total. The predicted octanol–water partition coefficient (Wildman–Crippen LogP) is 8.24. The molecule has 0 heterocycles. The van der Waals surface area contributed by atoms with Crippen molar-refractivity contribution in [3.8, 4) is 0 Å². The topological polar surface area (TPSA) is 9.23 Å². The Kier molecular flexibility index (Phi) is 20.5. The first kappa shape index (κ1) is 23.2. The molecule has 1 unspecified atom stereocenters. The highest BCUT2D eigenvalue weighted by molar-refractivity contribution is 6.19. The van der Waals surface area contributed by atoms with Crippen LogP contribution in [0.3, 0.4) is 0 Å². The molecule has 2 heteroatoms. The van der Waals surface area contributed by atoms with Crippen molar-refractivity contribution in [3.63, 3.8) is 0 Å². The Labute approximate surface area is 151 Å². The smallest absolute Gasteiger partial charge is 0.130 e. The number of hydrogen-bond acceptors (Lipinski definition) is 1. The average Bonchev–Trinajstić information content (AvgIpc) is 2.57. The highest BCUT2D eigenvalue weighted by Crippen LogP contribution is 2.14. The van der Waals surface area contributed by atoms with E-state index in [1.165, 1.54) is 103 Å². The molecule has 0 aliphatic rings. The molecule has 0 spiro atoms. The lowest BCUT2D eigenvalue weighted by molar-refractivity contribution is 0.101. The van der Waals surface area contributed by atoms with Crippen LogP contribution in [0.5, 0.6) is 0 Å². The average molecular weight is 347 g/mol. The van der Waals surface area contributed by atoms with Gasteiger partial charge in [0.25, 0.3) is 0 Å². The van der Waals surface area contributed by atoms with Gasteiger partial charge in [0.15, 0.2) is 0 Å². The minimum absolute atomic E-state index is 0.0775. The van der Waals surface area contributed by atoms with E-state index in [2.05, 4.69) is 13.8 Å². The normalized spacial score (nSPS) is 12.7. The van der Waals surface area contributed by atoms with E-state index in [4.69, 9.17) is 16.3 Å². The first-order valence-electron chi connectivity index (χ1n) is 10.6. The molecule has 0 saturated carbocycles. The van der Waals surface area contributed by atoms with E-state index < -0.39 is 0 Å². The van der Waals surface area contributed by atoms with Crippen molar-refractivity contribution in [3.05, 3.63) is 0 Å². The van der Waals surface area contributed by atoms with Crippen molar-refractivity contribution in [2.24, 2.45) is 0 Å². The lowest BCUT2D eigenvalue weighted by Crippen LogP contribution is -2.04. The number of alkyl halides is 1. The fraction of sp³-hybridized carbons (Fsp3) is 1.00. The van der Waals surface area contributed by atoms with Gasteiger partial charge < -0.3 is 4.74 Å². The van der Waals surface area contributed by atoms with Crippen LogP contribution in [-0.4, -0.2) is 12.2 Å². The van der Waals surface area contributed by atoms with E-state index in [1.54, 1.807) is 0 Å². The number of hydrogen-bond donors (Lipinski definition) is 0. The molecule has 0 bridgehead atoms. The zero-order valence-corrected chi connectivity index (χ0v) is 16.8. The molecular formula is C21H43ClO. The zero-order chi connectivity index (χ0) is 17.0. The van der Waals surface area contributed by atoms with Crippen molar-refractivity contribution in [2.45, 2.75) is 129 Å². The molecule has 0 aliphatic carbocycles. The van der Waals surface area contributed by atoms with Gasteiger partial charge in [-0.3, -0.25) is 0 Å². The Morgan fingerprint density at radius 2 is 0.913 bits per heavy atom. The molecule has 0 saturated heterocycles. The molecule has 0 aromatic rings. The van der Waals surface area contributed by atoms with Crippen molar-refractivity contribution in [2.75, 3.05) is 6.61 Å². The van der Waals surface area contributed by atoms with Gasteiger partial charge in [-0.1, -0.05) is 122 Å². The van der Waals surface area contributed by atoms with Gasteiger partial charge >= 0.3 is 0 Å². The Hall–Kier alpha value is 0.250. The second-order valence-corrected chi connectivity index (χ2v) is 7.48. The van der Waals surface area contributed by atoms with Gasteiger partial charge in [0.05, 0.1) is 0 Å². The highest BCUT2D eigenvalue weighted by atomic mass is 35.5. The van der Waals surface area contributed by atoms with Crippen LogP contribution in [0.25, 0.3) is 0 Å². The molecule has 0 aromatic heterocycles. The summed E-state index contributed by atoms with van der Waals surface area (Å²) in [6.45, 7) is 5.18. The summed E-state index contributed by atoms with van der Waals surface area (Å²) in [4.78, 5) is 0. The van der Waals surface area contributed by atoms with E-state index in [0.717, 1.165) is 13.0 Å². The van der Waals surface area contributed by atoms with Crippen LogP contribution in [0.1, 0.15) is 123 Å². The number of ether oxygens (including phenoxy) is 1. The van der Waals surface area contributed by atoms with Gasteiger partial charge in [-0.2, -0.15) is 0 Å². The fourth-order valence-electron chi connectivity index (χ4n) is 2.98. The molecule has 0 aliphatic heterocycles. The van der Waals surface area contributed by atoms with Crippen molar-refractivity contribution < 1.29 is 4.74 Å². The Morgan fingerprint density at radius 1 is 0.565 bits per heavy atom. The first-order chi connectivity index (χ1) is 11.3. The summed E-state index contributed by atoms with van der Waals surface area (Å²) in [6.07, 6.45) is 23.4. The minimum Gasteiger partial charge on any atom is -0.363 e. The molecule has 23 heavy (non-hydrogen) atoms. The van der Waals surface area contributed by atoms with Crippen LogP contribution in [-0.2, 0) is 4.74 Å². The molecule has 0 radical (unpaired) electrons. The Balaban J connectivity index is 2.97. The molecule has 0 amide bonds. The summed E-state index contributed by atoms with van der Waals surface area (Å²) in [5.74, 6) is 0. The predicted molar refractivity (Wildman–Crippen MR) is 105 cm³/mol. The third kappa shape index (κ3) is 20.2. The van der Waals surface area contributed by atoms with Gasteiger partial charge in [0, 0.05) is 6.61 Å². The van der Waals surface area contributed by atoms with Crippen LogP contribution in [0.2, 0.25) is 0 Å². The summed E-state index contributed by atoms with van der Waals surface area (Å²) in [7, 11) is 0. The van der Waals surface area contributed by atoms with Gasteiger partial charge in [-0.25, -0.2) is 0 Å². The van der Waals surface area contributed by atoms with Crippen LogP contribution in [0, 0.1) is 0 Å². The maximum absolute atomic E-state index is 5.91. The van der Waals surface area contributed by atoms with E-state index in [9.17, 15) is 0 Å². The molecule has 1 nitrogen and oxygen atoms in total. The lowest BCUT2D eigenvalue weighted by atomic mass is 10.0. The van der Waals surface area contributed by atoms with Crippen LogP contribution in [0.15, 0.2) is 0 Å². The molecule has 140 valence electrons. The number of unbranched alkanes of at least 4 members (excludes halogenated alkanes) is 15. The third-order valence-corrected chi connectivity index (χ3v) is 5.05. The SMILES string of the molecule is CCCCCCCCCCCCCCCCCCOC(Cl)CC. The van der Waals surface area contributed by atoms with Crippen LogP contribution >= 0.6 is 11.6 Å². The van der Waals surface area contributed by atoms with Gasteiger partial charge in [0.2, 0.25) is 0 Å². The van der Waals surface area contributed by atoms with E-state index in [0.29, 0.717) is 0 Å². The number of rotatable bonds is 19. The largest absolute Gasteiger partial charge is 0.363 e. The molecular weight excluding hydrogens is 304 g/mol. The summed E-state index contributed by atoms with van der Waals surface area (Å²) < 4.78 is 5.48. The fourth-order valence-corrected chi connectivity index (χ4v) is 3.07. The van der Waals surface area contributed by atoms with E-state index in [-0.39, 0.29) is 5.56 Å². The maximum atomic E-state index is 5.91. The summed E-state index contributed by atoms with van der Waals surface area (Å²) in [5.41, 5.74) is -0.0775. The van der Waals surface area contributed by atoms with Gasteiger partial charge in [-0.15, -0.1) is 0 Å². The maximum Gasteiger partial charge on any atom is 0.130 e. The quantitative estimate of drug-likeness (QED) is 0.169. The number of halogens is 1. The van der Waals surface area contributed by atoms with Crippen LogP contribution < -0.4 is 0 Å². The molecule has 0 rings (SSSR count). The van der Waals surface area contributed by atoms with Gasteiger partial charge in [0.1, 0.15) is 5.56 Å². The zero-order valence-electron chi connectivity index (χ0n) is 16.1. The van der Waals surface area contributed by atoms with Crippen LogP contribution in [0.4, 0.5) is 0 Å². The van der Waals surface area contributed by atoms with Crippen molar-refractivity contribution >= 4 is 11.6 Å². The Morgan fingerprint density at radius 3 is 1.26 bits per heavy atom.